The van der Waals surface area contributed by atoms with Crippen LogP contribution in [-0.4, -0.2) is 54.7 Å². The molecule has 0 unspecified atom stereocenters. The number of rotatable bonds is 6. The summed E-state index contributed by atoms with van der Waals surface area (Å²) in [6.07, 6.45) is 6.03. The molecule has 2 aliphatic rings. The molecule has 0 aliphatic carbocycles. The van der Waals surface area contributed by atoms with E-state index in [2.05, 4.69) is 39.4 Å². The standard InChI is InChI=1S/C20H31N3OS/c24-20(21-11-6-17-4-2-1-3-5-17)22-16-18-7-12-23(13-8-18)19-9-14-25-15-10-19/h1-5,18-19H,6-16H2,(H2,21,22,24). The van der Waals surface area contributed by atoms with Crippen LogP contribution in [0.4, 0.5) is 4.79 Å². The van der Waals surface area contributed by atoms with Gasteiger partial charge in [-0.25, -0.2) is 4.79 Å². The number of urea groups is 1. The summed E-state index contributed by atoms with van der Waals surface area (Å²) in [5, 5.41) is 6.03. The van der Waals surface area contributed by atoms with Crippen LogP contribution in [0.25, 0.3) is 0 Å². The third kappa shape index (κ3) is 6.23. The Morgan fingerprint density at radius 1 is 1.04 bits per heavy atom. The molecule has 1 aromatic rings. The lowest BCUT2D eigenvalue weighted by molar-refractivity contribution is 0.125. The first-order valence-electron chi connectivity index (χ1n) is 9.68. The summed E-state index contributed by atoms with van der Waals surface area (Å²) in [5.41, 5.74) is 1.26. The minimum absolute atomic E-state index is 0.0253. The van der Waals surface area contributed by atoms with Gasteiger partial charge in [0.1, 0.15) is 0 Å². The van der Waals surface area contributed by atoms with E-state index in [1.54, 1.807) is 0 Å². The average molecular weight is 362 g/mol. The van der Waals surface area contributed by atoms with E-state index in [4.69, 9.17) is 0 Å². The van der Waals surface area contributed by atoms with E-state index in [9.17, 15) is 4.79 Å². The highest BCUT2D eigenvalue weighted by molar-refractivity contribution is 7.99. The molecule has 2 fully saturated rings. The lowest BCUT2D eigenvalue weighted by atomic mass is 9.94. The second kappa shape index (κ2) is 10.1. The van der Waals surface area contributed by atoms with E-state index < -0.39 is 0 Å². The quantitative estimate of drug-likeness (QED) is 0.818. The van der Waals surface area contributed by atoms with Crippen molar-refractivity contribution in [3.05, 3.63) is 35.9 Å². The molecule has 2 amide bonds. The monoisotopic (exact) mass is 361 g/mol. The molecule has 0 spiro atoms. The summed E-state index contributed by atoms with van der Waals surface area (Å²) < 4.78 is 0. The van der Waals surface area contributed by atoms with Crippen molar-refractivity contribution in [2.24, 2.45) is 5.92 Å². The molecule has 5 heteroatoms. The van der Waals surface area contributed by atoms with Crippen molar-refractivity contribution in [2.75, 3.05) is 37.7 Å². The topological polar surface area (TPSA) is 44.4 Å². The number of hydrogen-bond acceptors (Lipinski definition) is 3. The molecule has 0 radical (unpaired) electrons. The number of amides is 2. The Bertz CT molecular complexity index is 511. The van der Waals surface area contributed by atoms with E-state index >= 15 is 0 Å². The van der Waals surface area contributed by atoms with Gasteiger partial charge < -0.3 is 15.5 Å². The molecule has 138 valence electrons. The van der Waals surface area contributed by atoms with Gasteiger partial charge in [-0.2, -0.15) is 11.8 Å². The van der Waals surface area contributed by atoms with Crippen molar-refractivity contribution < 1.29 is 4.79 Å². The first-order valence-corrected chi connectivity index (χ1v) is 10.8. The molecule has 0 bridgehead atoms. The van der Waals surface area contributed by atoms with Gasteiger partial charge in [0, 0.05) is 19.1 Å². The zero-order chi connectivity index (χ0) is 17.3. The molecular weight excluding hydrogens is 330 g/mol. The van der Waals surface area contributed by atoms with Gasteiger partial charge in [0.2, 0.25) is 0 Å². The zero-order valence-electron chi connectivity index (χ0n) is 15.1. The van der Waals surface area contributed by atoms with Gasteiger partial charge in [-0.1, -0.05) is 30.3 Å². The first kappa shape index (κ1) is 18.6. The van der Waals surface area contributed by atoms with Gasteiger partial charge in [0.05, 0.1) is 0 Å². The fourth-order valence-electron chi connectivity index (χ4n) is 3.84. The Labute approximate surface area is 156 Å². The average Bonchev–Trinajstić information content (AvgIpc) is 2.68. The predicted molar refractivity (Wildman–Crippen MR) is 106 cm³/mol. The Balaban J connectivity index is 1.27. The molecule has 2 heterocycles. The molecule has 25 heavy (non-hydrogen) atoms. The molecule has 0 aromatic heterocycles. The molecule has 3 rings (SSSR count). The lowest BCUT2D eigenvalue weighted by Gasteiger charge is -2.39. The number of hydrogen-bond donors (Lipinski definition) is 2. The van der Waals surface area contributed by atoms with E-state index in [1.807, 2.05) is 18.2 Å². The highest BCUT2D eigenvalue weighted by Crippen LogP contribution is 2.26. The van der Waals surface area contributed by atoms with Crippen LogP contribution < -0.4 is 10.6 Å². The smallest absolute Gasteiger partial charge is 0.314 e. The van der Waals surface area contributed by atoms with Crippen molar-refractivity contribution in [2.45, 2.75) is 38.1 Å². The largest absolute Gasteiger partial charge is 0.338 e. The second-order valence-corrected chi connectivity index (χ2v) is 8.42. The van der Waals surface area contributed by atoms with E-state index in [0.717, 1.165) is 19.0 Å². The van der Waals surface area contributed by atoms with Crippen LogP contribution in [0, 0.1) is 5.92 Å². The molecule has 2 saturated heterocycles. The van der Waals surface area contributed by atoms with Gasteiger partial charge in [0.25, 0.3) is 0 Å². The highest BCUT2D eigenvalue weighted by Gasteiger charge is 2.26. The number of benzene rings is 1. The zero-order valence-corrected chi connectivity index (χ0v) is 15.9. The van der Waals surface area contributed by atoms with Gasteiger partial charge in [-0.3, -0.25) is 0 Å². The molecule has 2 aliphatic heterocycles. The lowest BCUT2D eigenvalue weighted by Crippen LogP contribution is -2.46. The number of thioether (sulfide) groups is 1. The molecule has 0 atom stereocenters. The van der Waals surface area contributed by atoms with Crippen LogP contribution in [0.2, 0.25) is 0 Å². The normalized spacial score (nSPS) is 20.3. The Kier molecular flexibility index (Phi) is 7.49. The number of carbonyl (C=O) groups excluding carboxylic acids is 1. The summed E-state index contributed by atoms with van der Waals surface area (Å²) in [6, 6.07) is 11.1. The maximum absolute atomic E-state index is 12.0. The van der Waals surface area contributed by atoms with Gasteiger partial charge in [-0.15, -0.1) is 0 Å². The maximum atomic E-state index is 12.0. The van der Waals surface area contributed by atoms with Crippen LogP contribution in [0.15, 0.2) is 30.3 Å². The number of nitrogens with one attached hydrogen (secondary N) is 2. The molecule has 4 nitrogen and oxygen atoms in total. The van der Waals surface area contributed by atoms with Crippen LogP contribution in [0.3, 0.4) is 0 Å². The number of carbonyl (C=O) groups is 1. The summed E-state index contributed by atoms with van der Waals surface area (Å²) >= 11 is 2.10. The van der Waals surface area contributed by atoms with Crippen LogP contribution in [0.1, 0.15) is 31.2 Å². The SMILES string of the molecule is O=C(NCCc1ccccc1)NCC1CCN(C2CCSCC2)CC1. The number of likely N-dealkylation sites (tertiary alicyclic amines) is 1. The van der Waals surface area contributed by atoms with E-state index in [-0.39, 0.29) is 6.03 Å². The van der Waals surface area contributed by atoms with E-state index in [1.165, 1.54) is 55.8 Å². The number of piperidine rings is 1. The first-order chi connectivity index (χ1) is 12.3. The van der Waals surface area contributed by atoms with Gasteiger partial charge in [-0.05, 0) is 68.2 Å². The molecule has 2 N–H and O–H groups in total. The van der Waals surface area contributed by atoms with Crippen molar-refractivity contribution in [3.63, 3.8) is 0 Å². The minimum atomic E-state index is -0.0253. The molecular formula is C20H31N3OS. The number of nitrogens with zero attached hydrogens (tertiary/aromatic N) is 1. The Morgan fingerprint density at radius 3 is 2.48 bits per heavy atom. The van der Waals surface area contributed by atoms with Crippen LogP contribution >= 0.6 is 11.8 Å². The summed E-state index contributed by atoms with van der Waals surface area (Å²) in [6.45, 7) is 3.91. The maximum Gasteiger partial charge on any atom is 0.314 e. The van der Waals surface area contributed by atoms with Crippen molar-refractivity contribution in [1.82, 2.24) is 15.5 Å². The van der Waals surface area contributed by atoms with Gasteiger partial charge in [0.15, 0.2) is 0 Å². The van der Waals surface area contributed by atoms with Gasteiger partial charge >= 0.3 is 6.03 Å². The summed E-state index contributed by atoms with van der Waals surface area (Å²) in [7, 11) is 0. The van der Waals surface area contributed by atoms with Crippen molar-refractivity contribution in [3.8, 4) is 0 Å². The summed E-state index contributed by atoms with van der Waals surface area (Å²) in [4.78, 5) is 14.6. The predicted octanol–water partition coefficient (Wildman–Crippen LogP) is 3.14. The van der Waals surface area contributed by atoms with Crippen molar-refractivity contribution >= 4 is 17.8 Å². The third-order valence-electron chi connectivity index (χ3n) is 5.45. The third-order valence-corrected chi connectivity index (χ3v) is 6.50. The molecule has 0 saturated carbocycles. The Hall–Kier alpha value is -1.20. The highest BCUT2D eigenvalue weighted by atomic mass is 32.2. The van der Waals surface area contributed by atoms with Crippen LogP contribution in [0.5, 0.6) is 0 Å². The summed E-state index contributed by atoms with van der Waals surface area (Å²) in [5.74, 6) is 3.29. The fraction of sp³-hybridized carbons (Fsp3) is 0.650. The van der Waals surface area contributed by atoms with Crippen LogP contribution in [-0.2, 0) is 6.42 Å². The molecule has 1 aromatic carbocycles. The fourth-order valence-corrected chi connectivity index (χ4v) is 4.92. The van der Waals surface area contributed by atoms with E-state index in [0.29, 0.717) is 12.5 Å². The Morgan fingerprint density at radius 2 is 1.76 bits per heavy atom. The minimum Gasteiger partial charge on any atom is -0.338 e. The second-order valence-electron chi connectivity index (χ2n) is 7.20. The van der Waals surface area contributed by atoms with Crippen molar-refractivity contribution in [1.29, 1.82) is 0 Å².